The van der Waals surface area contributed by atoms with Crippen LogP contribution in [0.1, 0.15) is 19.3 Å². The van der Waals surface area contributed by atoms with E-state index in [0.717, 1.165) is 19.3 Å². The van der Waals surface area contributed by atoms with Gasteiger partial charge in [-0.15, -0.1) is 0 Å². The Bertz CT molecular complexity index is 233. The molecule has 2 fully saturated rings. The van der Waals surface area contributed by atoms with E-state index >= 15 is 0 Å². The van der Waals surface area contributed by atoms with E-state index in [1.165, 1.54) is 0 Å². The van der Waals surface area contributed by atoms with E-state index in [1.54, 1.807) is 7.11 Å². The van der Waals surface area contributed by atoms with Crippen LogP contribution < -0.4 is 5.32 Å². The molecule has 1 amide bonds. The van der Waals surface area contributed by atoms with Gasteiger partial charge in [0, 0.05) is 7.11 Å². The number of nitrogens with one attached hydrogen (secondary N) is 1. The number of ether oxygens (including phenoxy) is 3. The van der Waals surface area contributed by atoms with Gasteiger partial charge < -0.3 is 19.5 Å². The number of carbonyl (C=O) groups is 1. The largest absolute Gasteiger partial charge is 0.447 e. The predicted octanol–water partition coefficient (Wildman–Crippen LogP) is 0.638. The highest BCUT2D eigenvalue weighted by atomic mass is 16.7. The summed E-state index contributed by atoms with van der Waals surface area (Å²) in [5, 5.41) is 2.85. The summed E-state index contributed by atoms with van der Waals surface area (Å²) in [7, 11) is 1.59. The van der Waals surface area contributed by atoms with Gasteiger partial charge in [0.25, 0.3) is 0 Å². The van der Waals surface area contributed by atoms with Gasteiger partial charge in [0.2, 0.25) is 0 Å². The molecule has 14 heavy (non-hydrogen) atoms. The van der Waals surface area contributed by atoms with Crippen LogP contribution in [0.4, 0.5) is 4.79 Å². The molecule has 2 atom stereocenters. The molecule has 0 radical (unpaired) electrons. The first kappa shape index (κ1) is 9.73. The molecular weight excluding hydrogens is 186 g/mol. The molecule has 80 valence electrons. The highest BCUT2D eigenvalue weighted by molar-refractivity contribution is 5.71. The molecule has 0 aromatic heterocycles. The summed E-state index contributed by atoms with van der Waals surface area (Å²) in [6.07, 6.45) is 2.62. The van der Waals surface area contributed by atoms with E-state index in [9.17, 15) is 4.79 Å². The average Bonchev–Trinajstić information content (AvgIpc) is 2.72. The highest BCUT2D eigenvalue weighted by Crippen LogP contribution is 2.35. The standard InChI is InChI=1S/C9H15NO4/c1-12-6-14-7-3-2-4-9(7)5-13-8(11)10-9/h7H,2-6H2,1H3,(H,10,11)/t7-,9-/m1/s1. The molecule has 0 aromatic rings. The fourth-order valence-corrected chi connectivity index (χ4v) is 2.21. The van der Waals surface area contributed by atoms with Crippen LogP contribution in [0.15, 0.2) is 0 Å². The molecule has 1 heterocycles. The molecule has 1 spiro atoms. The third-order valence-corrected chi connectivity index (χ3v) is 2.90. The molecule has 0 bridgehead atoms. The molecule has 1 aliphatic heterocycles. The van der Waals surface area contributed by atoms with Crippen molar-refractivity contribution < 1.29 is 19.0 Å². The smallest absolute Gasteiger partial charge is 0.407 e. The molecule has 2 rings (SSSR count). The Kier molecular flexibility index (Phi) is 2.60. The number of hydrogen-bond acceptors (Lipinski definition) is 4. The maximum Gasteiger partial charge on any atom is 0.407 e. The fraction of sp³-hybridized carbons (Fsp3) is 0.889. The van der Waals surface area contributed by atoms with E-state index in [1.807, 2.05) is 0 Å². The van der Waals surface area contributed by atoms with Crippen LogP contribution >= 0.6 is 0 Å². The minimum Gasteiger partial charge on any atom is -0.447 e. The third kappa shape index (κ3) is 1.57. The highest BCUT2D eigenvalue weighted by Gasteiger charge is 2.49. The van der Waals surface area contributed by atoms with Crippen molar-refractivity contribution >= 4 is 6.09 Å². The lowest BCUT2D eigenvalue weighted by molar-refractivity contribution is -0.0924. The number of rotatable bonds is 3. The van der Waals surface area contributed by atoms with E-state index in [4.69, 9.17) is 14.2 Å². The maximum atomic E-state index is 11.0. The summed E-state index contributed by atoms with van der Waals surface area (Å²) >= 11 is 0. The lowest BCUT2D eigenvalue weighted by atomic mass is 9.97. The molecule has 1 aliphatic carbocycles. The average molecular weight is 201 g/mol. The summed E-state index contributed by atoms with van der Waals surface area (Å²) in [6, 6.07) is 0. The number of alkyl carbamates (subject to hydrolysis) is 1. The third-order valence-electron chi connectivity index (χ3n) is 2.90. The van der Waals surface area contributed by atoms with Crippen molar-refractivity contribution in [3.8, 4) is 0 Å². The summed E-state index contributed by atoms with van der Waals surface area (Å²) in [6.45, 7) is 0.683. The van der Waals surface area contributed by atoms with Crippen LogP contribution in [0.3, 0.4) is 0 Å². The van der Waals surface area contributed by atoms with Gasteiger partial charge in [0.05, 0.1) is 6.10 Å². The predicted molar refractivity (Wildman–Crippen MR) is 47.8 cm³/mol. The lowest BCUT2D eigenvalue weighted by Crippen LogP contribution is -2.51. The summed E-state index contributed by atoms with van der Waals surface area (Å²) in [5.74, 6) is 0. The summed E-state index contributed by atoms with van der Waals surface area (Å²) < 4.78 is 15.3. The van der Waals surface area contributed by atoms with Gasteiger partial charge in [-0.2, -0.15) is 0 Å². The Hall–Kier alpha value is -0.810. The van der Waals surface area contributed by atoms with Crippen molar-refractivity contribution in [2.45, 2.75) is 30.9 Å². The van der Waals surface area contributed by atoms with Crippen molar-refractivity contribution in [3.63, 3.8) is 0 Å². The van der Waals surface area contributed by atoms with Gasteiger partial charge >= 0.3 is 6.09 Å². The number of cyclic esters (lactones) is 1. The molecule has 1 saturated heterocycles. The van der Waals surface area contributed by atoms with Crippen molar-refractivity contribution in [3.05, 3.63) is 0 Å². The van der Waals surface area contributed by atoms with Crippen LogP contribution in [0, 0.1) is 0 Å². The molecule has 1 saturated carbocycles. The number of methoxy groups -OCH3 is 1. The molecule has 0 aromatic carbocycles. The van der Waals surface area contributed by atoms with Crippen LogP contribution in [0.2, 0.25) is 0 Å². The Balaban J connectivity index is 1.99. The van der Waals surface area contributed by atoms with Crippen LogP contribution in [-0.4, -0.2) is 38.2 Å². The summed E-state index contributed by atoms with van der Waals surface area (Å²) in [4.78, 5) is 11.0. The second-order valence-electron chi connectivity index (χ2n) is 3.81. The van der Waals surface area contributed by atoms with Crippen molar-refractivity contribution in [2.75, 3.05) is 20.5 Å². The molecule has 5 nitrogen and oxygen atoms in total. The SMILES string of the molecule is COCO[C@@H]1CCC[C@@]12COC(=O)N2. The van der Waals surface area contributed by atoms with Gasteiger partial charge in [0.1, 0.15) is 18.9 Å². The Morgan fingerprint density at radius 1 is 1.71 bits per heavy atom. The first-order chi connectivity index (χ1) is 6.77. The zero-order valence-electron chi connectivity index (χ0n) is 8.25. The van der Waals surface area contributed by atoms with Gasteiger partial charge in [-0.3, -0.25) is 0 Å². The van der Waals surface area contributed by atoms with E-state index in [-0.39, 0.29) is 24.5 Å². The normalized spacial score (nSPS) is 36.1. The minimum absolute atomic E-state index is 0.0221. The number of hydrogen-bond donors (Lipinski definition) is 1. The zero-order valence-corrected chi connectivity index (χ0v) is 8.25. The Labute approximate surface area is 82.7 Å². The topological polar surface area (TPSA) is 56.8 Å². The summed E-state index contributed by atoms with van der Waals surface area (Å²) in [5.41, 5.74) is -0.296. The molecule has 2 aliphatic rings. The van der Waals surface area contributed by atoms with E-state index < -0.39 is 0 Å². The van der Waals surface area contributed by atoms with Crippen molar-refractivity contribution in [1.29, 1.82) is 0 Å². The first-order valence-electron chi connectivity index (χ1n) is 4.82. The second kappa shape index (κ2) is 3.74. The second-order valence-corrected chi connectivity index (χ2v) is 3.81. The van der Waals surface area contributed by atoms with Crippen LogP contribution in [0.5, 0.6) is 0 Å². The van der Waals surface area contributed by atoms with Gasteiger partial charge in [-0.25, -0.2) is 4.79 Å². The monoisotopic (exact) mass is 201 g/mol. The van der Waals surface area contributed by atoms with Gasteiger partial charge in [-0.1, -0.05) is 0 Å². The zero-order chi connectivity index (χ0) is 10.0. The number of carbonyl (C=O) groups excluding carboxylic acids is 1. The number of amides is 1. The minimum atomic E-state index is -0.335. The van der Waals surface area contributed by atoms with Gasteiger partial charge in [0.15, 0.2) is 0 Å². The fourth-order valence-electron chi connectivity index (χ4n) is 2.21. The lowest BCUT2D eigenvalue weighted by Gasteiger charge is -2.28. The molecule has 5 heteroatoms. The molecule has 1 N–H and O–H groups in total. The van der Waals surface area contributed by atoms with E-state index in [2.05, 4.69) is 5.32 Å². The van der Waals surface area contributed by atoms with Crippen LogP contribution in [0.25, 0.3) is 0 Å². The maximum absolute atomic E-state index is 11.0. The van der Waals surface area contributed by atoms with Gasteiger partial charge in [-0.05, 0) is 19.3 Å². The quantitative estimate of drug-likeness (QED) is 0.681. The van der Waals surface area contributed by atoms with Crippen LogP contribution in [-0.2, 0) is 14.2 Å². The Morgan fingerprint density at radius 3 is 3.21 bits per heavy atom. The molecular formula is C9H15NO4. The first-order valence-corrected chi connectivity index (χ1v) is 4.82. The van der Waals surface area contributed by atoms with Crippen molar-refractivity contribution in [1.82, 2.24) is 5.32 Å². The molecule has 0 unspecified atom stereocenters. The Morgan fingerprint density at radius 2 is 2.57 bits per heavy atom. The van der Waals surface area contributed by atoms with E-state index in [0.29, 0.717) is 6.61 Å². The van der Waals surface area contributed by atoms with Crippen molar-refractivity contribution in [2.24, 2.45) is 0 Å².